The largest absolute Gasteiger partial charge is 0.478 e. The standard InChI is InChI=1S/C38H41ClN2O6/c1-41(2)27-12-16-31-34(24-27)47-36-29-17-13-28(42)22-25(29)10-15-32(36)35(31)30-14-11-26(23-33(30)38(44)45)37(43)40-19-21-46-20-9-7-5-3-4-6-8-18-39/h10-17,22-24H,3-9,18-21H2,1-2H3,(H,40,43)(H,44,45). The minimum atomic E-state index is -1.15. The van der Waals surface area contributed by atoms with Crippen molar-refractivity contribution in [3.8, 4) is 11.1 Å². The van der Waals surface area contributed by atoms with Crippen LogP contribution in [0, 0.1) is 0 Å². The van der Waals surface area contributed by atoms with E-state index in [1.54, 1.807) is 24.3 Å². The number of halogens is 1. The van der Waals surface area contributed by atoms with Gasteiger partial charge in [0.25, 0.3) is 5.91 Å². The number of fused-ring (bicyclic) bond motifs is 4. The predicted molar refractivity (Wildman–Crippen MR) is 190 cm³/mol. The number of amides is 1. The van der Waals surface area contributed by atoms with E-state index in [0.717, 1.165) is 47.0 Å². The van der Waals surface area contributed by atoms with Gasteiger partial charge in [-0.05, 0) is 72.3 Å². The first-order valence-electron chi connectivity index (χ1n) is 16.2. The number of carbonyl (C=O) groups excluding carboxylic acids is 1. The van der Waals surface area contributed by atoms with Gasteiger partial charge in [0.05, 0.1) is 12.2 Å². The van der Waals surface area contributed by atoms with Crippen LogP contribution in [0.1, 0.15) is 65.7 Å². The molecule has 8 nitrogen and oxygen atoms in total. The van der Waals surface area contributed by atoms with Crippen LogP contribution in [0.5, 0.6) is 0 Å². The zero-order valence-electron chi connectivity index (χ0n) is 26.9. The Morgan fingerprint density at radius 2 is 1.55 bits per heavy atom. The minimum absolute atomic E-state index is 0.00273. The highest BCUT2D eigenvalue weighted by atomic mass is 35.5. The molecular weight excluding hydrogens is 616 g/mol. The van der Waals surface area contributed by atoms with Crippen molar-refractivity contribution in [3.63, 3.8) is 0 Å². The molecule has 0 radical (unpaired) electrons. The fourth-order valence-electron chi connectivity index (χ4n) is 5.92. The number of hydrogen-bond donors (Lipinski definition) is 2. The Kier molecular flexibility index (Phi) is 11.5. The van der Waals surface area contributed by atoms with Crippen LogP contribution in [0.25, 0.3) is 43.8 Å². The van der Waals surface area contributed by atoms with Crippen LogP contribution >= 0.6 is 11.6 Å². The van der Waals surface area contributed by atoms with Gasteiger partial charge in [0.2, 0.25) is 0 Å². The van der Waals surface area contributed by atoms with Crippen LogP contribution in [-0.2, 0) is 4.74 Å². The number of ether oxygens (including phenoxy) is 1. The highest BCUT2D eigenvalue weighted by molar-refractivity contribution is 6.18. The van der Waals surface area contributed by atoms with E-state index >= 15 is 0 Å². The molecule has 0 unspecified atom stereocenters. The van der Waals surface area contributed by atoms with E-state index in [0.29, 0.717) is 47.4 Å². The van der Waals surface area contributed by atoms with Crippen molar-refractivity contribution in [2.24, 2.45) is 0 Å². The van der Waals surface area contributed by atoms with Gasteiger partial charge in [0.15, 0.2) is 5.43 Å². The third-order valence-corrected chi connectivity index (χ3v) is 8.68. The number of benzene rings is 4. The summed E-state index contributed by atoms with van der Waals surface area (Å²) in [4.78, 5) is 39.8. The molecular formula is C38H41ClN2O6. The van der Waals surface area contributed by atoms with Gasteiger partial charge in [-0.1, -0.05) is 44.2 Å². The Bertz CT molecular complexity index is 1950. The summed E-state index contributed by atoms with van der Waals surface area (Å²) in [7, 11) is 3.86. The zero-order valence-corrected chi connectivity index (χ0v) is 27.7. The Morgan fingerprint density at radius 3 is 2.30 bits per heavy atom. The number of carbonyl (C=O) groups is 2. The van der Waals surface area contributed by atoms with Crippen molar-refractivity contribution < 1.29 is 23.8 Å². The fraction of sp³-hybridized carbons (Fsp3) is 0.342. The molecule has 1 amide bonds. The van der Waals surface area contributed by atoms with E-state index in [2.05, 4.69) is 5.32 Å². The fourth-order valence-corrected chi connectivity index (χ4v) is 6.10. The number of aromatic carboxylic acids is 1. The molecule has 2 N–H and O–H groups in total. The maximum absolute atomic E-state index is 13.0. The van der Waals surface area contributed by atoms with Gasteiger partial charge < -0.3 is 24.5 Å². The Hall–Kier alpha value is -4.40. The number of hydrogen-bond acceptors (Lipinski definition) is 6. The number of nitrogens with one attached hydrogen (secondary N) is 1. The van der Waals surface area contributed by atoms with Gasteiger partial charge in [-0.2, -0.15) is 0 Å². The van der Waals surface area contributed by atoms with E-state index in [-0.39, 0.29) is 22.5 Å². The second-order valence-electron chi connectivity index (χ2n) is 12.0. The predicted octanol–water partition coefficient (Wildman–Crippen LogP) is 8.25. The highest BCUT2D eigenvalue weighted by Crippen LogP contribution is 2.41. The summed E-state index contributed by atoms with van der Waals surface area (Å²) in [5.74, 6) is -0.786. The maximum atomic E-state index is 13.0. The lowest BCUT2D eigenvalue weighted by Crippen LogP contribution is -2.27. The summed E-state index contributed by atoms with van der Waals surface area (Å²) in [6.07, 6.45) is 7.99. The van der Waals surface area contributed by atoms with E-state index in [4.69, 9.17) is 20.8 Å². The molecule has 1 heterocycles. The molecule has 0 atom stereocenters. The first kappa shape index (κ1) is 33.9. The summed E-state index contributed by atoms with van der Waals surface area (Å²) in [5, 5.41) is 16.1. The molecule has 0 spiro atoms. The summed E-state index contributed by atoms with van der Waals surface area (Å²) in [6.45, 7) is 1.35. The molecule has 5 rings (SSSR count). The third-order valence-electron chi connectivity index (χ3n) is 8.41. The molecule has 246 valence electrons. The Morgan fingerprint density at radius 1 is 0.830 bits per heavy atom. The molecule has 1 aromatic heterocycles. The molecule has 47 heavy (non-hydrogen) atoms. The normalized spacial score (nSPS) is 11.4. The van der Waals surface area contributed by atoms with Crippen molar-refractivity contribution in [2.75, 3.05) is 44.6 Å². The number of nitrogens with zero attached hydrogens (tertiary/aromatic N) is 1. The molecule has 0 bridgehead atoms. The van der Waals surface area contributed by atoms with E-state index in [9.17, 15) is 19.5 Å². The SMILES string of the molecule is CN(C)c1ccc2c(-c3ccc(C(=O)NCCOCCCCCCCCCCl)cc3C(=O)O)c3ccc4cc(=O)ccc4c3oc2c1. The van der Waals surface area contributed by atoms with Crippen LogP contribution in [0.2, 0.25) is 0 Å². The number of anilines is 1. The van der Waals surface area contributed by atoms with Gasteiger partial charge in [0, 0.05) is 72.2 Å². The second kappa shape index (κ2) is 15.9. The summed E-state index contributed by atoms with van der Waals surface area (Å²) >= 11 is 5.71. The van der Waals surface area contributed by atoms with Crippen molar-refractivity contribution in [1.82, 2.24) is 5.32 Å². The van der Waals surface area contributed by atoms with Gasteiger partial charge in [-0.15, -0.1) is 11.6 Å². The zero-order chi connectivity index (χ0) is 33.3. The molecule has 0 aliphatic carbocycles. The van der Waals surface area contributed by atoms with Crippen molar-refractivity contribution >= 4 is 61.9 Å². The average Bonchev–Trinajstić information content (AvgIpc) is 3.06. The summed E-state index contributed by atoms with van der Waals surface area (Å²) in [5.41, 5.74) is 3.29. The molecule has 0 fully saturated rings. The van der Waals surface area contributed by atoms with Crippen molar-refractivity contribution in [1.29, 1.82) is 0 Å². The van der Waals surface area contributed by atoms with Crippen LogP contribution in [-0.4, -0.2) is 56.7 Å². The molecule has 5 aromatic rings. The summed E-state index contributed by atoms with van der Waals surface area (Å²) in [6, 6.07) is 19.0. The van der Waals surface area contributed by atoms with E-state index < -0.39 is 5.97 Å². The van der Waals surface area contributed by atoms with Crippen molar-refractivity contribution in [3.05, 3.63) is 88.1 Å². The molecule has 0 aliphatic heterocycles. The number of rotatable bonds is 16. The van der Waals surface area contributed by atoms with Gasteiger partial charge in [-0.3, -0.25) is 9.59 Å². The van der Waals surface area contributed by atoms with Crippen molar-refractivity contribution in [2.45, 2.75) is 44.9 Å². The smallest absolute Gasteiger partial charge is 0.336 e. The molecule has 4 aromatic carbocycles. The second-order valence-corrected chi connectivity index (χ2v) is 12.4. The average molecular weight is 657 g/mol. The quantitative estimate of drug-likeness (QED) is 0.0476. The lowest BCUT2D eigenvalue weighted by molar-refractivity contribution is 0.0697. The lowest BCUT2D eigenvalue weighted by Gasteiger charge is -2.18. The molecule has 0 saturated heterocycles. The third kappa shape index (κ3) is 8.13. The maximum Gasteiger partial charge on any atom is 0.336 e. The number of carboxylic acids is 1. The molecule has 0 saturated carbocycles. The number of alkyl halides is 1. The number of carboxylic acid groups (broad SMARTS) is 1. The van der Waals surface area contributed by atoms with Gasteiger partial charge in [-0.25, -0.2) is 4.79 Å². The number of unbranched alkanes of at least 4 members (excludes halogenated alkanes) is 6. The highest BCUT2D eigenvalue weighted by Gasteiger charge is 2.21. The van der Waals surface area contributed by atoms with E-state index in [1.165, 1.54) is 37.8 Å². The lowest BCUT2D eigenvalue weighted by atomic mass is 9.91. The molecule has 9 heteroatoms. The Labute approximate surface area is 279 Å². The summed E-state index contributed by atoms with van der Waals surface area (Å²) < 4.78 is 12.2. The monoisotopic (exact) mass is 656 g/mol. The van der Waals surface area contributed by atoms with Crippen LogP contribution < -0.4 is 15.6 Å². The van der Waals surface area contributed by atoms with Crippen LogP contribution in [0.3, 0.4) is 0 Å². The van der Waals surface area contributed by atoms with Crippen LogP contribution in [0.15, 0.2) is 75.9 Å². The molecule has 0 aliphatic rings. The van der Waals surface area contributed by atoms with Gasteiger partial charge >= 0.3 is 5.97 Å². The van der Waals surface area contributed by atoms with Gasteiger partial charge in [0.1, 0.15) is 11.2 Å². The minimum Gasteiger partial charge on any atom is -0.478 e. The Balaban J connectivity index is 1.37. The van der Waals surface area contributed by atoms with E-state index in [1.807, 2.05) is 49.3 Å². The first-order chi connectivity index (χ1) is 22.8. The van der Waals surface area contributed by atoms with Crippen LogP contribution in [0.4, 0.5) is 5.69 Å². The first-order valence-corrected chi connectivity index (χ1v) is 16.7. The topological polar surface area (TPSA) is 109 Å².